The molecule has 1 saturated heterocycles. The van der Waals surface area contributed by atoms with Gasteiger partial charge < -0.3 is 4.74 Å². The van der Waals surface area contributed by atoms with E-state index in [1.807, 2.05) is 13.0 Å². The molecule has 0 unspecified atom stereocenters. The molecule has 3 nitrogen and oxygen atoms in total. The maximum atomic E-state index is 11.8. The van der Waals surface area contributed by atoms with Crippen molar-refractivity contribution in [3.63, 3.8) is 0 Å². The molecule has 0 N–H and O–H groups in total. The van der Waals surface area contributed by atoms with E-state index in [0.717, 1.165) is 25.9 Å². The fraction of sp³-hybridized carbons (Fsp3) is 0.438. The molecule has 0 aromatic heterocycles. The van der Waals surface area contributed by atoms with Gasteiger partial charge in [-0.3, -0.25) is 9.69 Å². The highest BCUT2D eigenvalue weighted by Gasteiger charge is 2.36. The minimum absolute atomic E-state index is 0.0384. The van der Waals surface area contributed by atoms with Crippen molar-refractivity contribution in [2.24, 2.45) is 0 Å². The molecule has 2 atom stereocenters. The topological polar surface area (TPSA) is 29.5 Å². The molecule has 0 radical (unpaired) electrons. The lowest BCUT2D eigenvalue weighted by Crippen LogP contribution is -2.41. The smallest absolute Gasteiger partial charge is 0.323 e. The second-order valence-corrected chi connectivity index (χ2v) is 5.34. The Morgan fingerprint density at radius 1 is 1.26 bits per heavy atom. The van der Waals surface area contributed by atoms with E-state index in [4.69, 9.17) is 4.74 Å². The average Bonchev–Trinajstić information content (AvgIpc) is 2.79. The molecule has 19 heavy (non-hydrogen) atoms. The third-order valence-electron chi connectivity index (χ3n) is 3.97. The van der Waals surface area contributed by atoms with Crippen molar-refractivity contribution < 1.29 is 9.53 Å². The third kappa shape index (κ3) is 2.56. The van der Waals surface area contributed by atoms with Crippen LogP contribution in [0.5, 0.6) is 0 Å². The van der Waals surface area contributed by atoms with Gasteiger partial charge in [0.25, 0.3) is 0 Å². The predicted molar refractivity (Wildman–Crippen MR) is 74.6 cm³/mol. The maximum absolute atomic E-state index is 11.8. The van der Waals surface area contributed by atoms with Gasteiger partial charge in [0, 0.05) is 19.5 Å². The molecule has 2 heterocycles. The highest BCUT2D eigenvalue weighted by atomic mass is 16.6. The van der Waals surface area contributed by atoms with Gasteiger partial charge in [-0.2, -0.15) is 0 Å². The zero-order chi connectivity index (χ0) is 13.2. The monoisotopic (exact) mass is 257 g/mol. The molecule has 100 valence electrons. The normalized spacial score (nSPS) is 28.1. The highest BCUT2D eigenvalue weighted by molar-refractivity contribution is 5.78. The van der Waals surface area contributed by atoms with E-state index >= 15 is 0 Å². The average molecular weight is 257 g/mol. The Morgan fingerprint density at radius 2 is 2.05 bits per heavy atom. The molecule has 3 heteroatoms. The third-order valence-corrected chi connectivity index (χ3v) is 3.97. The molecule has 1 fully saturated rings. The van der Waals surface area contributed by atoms with Gasteiger partial charge in [0.2, 0.25) is 0 Å². The Balaban J connectivity index is 1.69. The van der Waals surface area contributed by atoms with Crippen molar-refractivity contribution in [3.8, 4) is 0 Å². The van der Waals surface area contributed by atoms with Crippen molar-refractivity contribution in [2.45, 2.75) is 31.9 Å². The minimum Gasteiger partial charge on any atom is -0.461 e. The molecule has 0 bridgehead atoms. The second kappa shape index (κ2) is 5.17. The number of ether oxygens (including phenoxy) is 1. The van der Waals surface area contributed by atoms with Crippen LogP contribution in [0, 0.1) is 0 Å². The number of nitrogens with zero attached hydrogens (tertiary/aromatic N) is 1. The molecule has 1 aromatic rings. The number of hydrogen-bond acceptors (Lipinski definition) is 3. The SMILES string of the molecule is C[C@@H]1C[C@@H](N2CC=C(c3ccccc3)CC2)C(=O)O1. The van der Waals surface area contributed by atoms with Crippen LogP contribution in [0.1, 0.15) is 25.3 Å². The van der Waals surface area contributed by atoms with E-state index < -0.39 is 0 Å². The van der Waals surface area contributed by atoms with E-state index in [2.05, 4.69) is 35.2 Å². The minimum atomic E-state index is -0.0518. The fourth-order valence-corrected chi connectivity index (χ4v) is 2.92. The molecule has 2 aliphatic rings. The van der Waals surface area contributed by atoms with Crippen LogP contribution in [0.4, 0.5) is 0 Å². The van der Waals surface area contributed by atoms with Crippen molar-refractivity contribution in [1.29, 1.82) is 0 Å². The first-order chi connectivity index (χ1) is 9.24. The standard InChI is InChI=1S/C16H19NO2/c1-12-11-15(16(18)19-12)17-9-7-14(8-10-17)13-5-3-2-4-6-13/h2-7,12,15H,8-11H2,1H3/t12-,15-/m1/s1. The molecule has 2 aliphatic heterocycles. The van der Waals surface area contributed by atoms with Crippen LogP contribution in [-0.2, 0) is 9.53 Å². The summed E-state index contributed by atoms with van der Waals surface area (Å²) in [6.45, 7) is 3.75. The van der Waals surface area contributed by atoms with E-state index in [1.165, 1.54) is 11.1 Å². The first kappa shape index (κ1) is 12.4. The zero-order valence-electron chi connectivity index (χ0n) is 11.2. The lowest BCUT2D eigenvalue weighted by Gasteiger charge is -2.29. The molecular weight excluding hydrogens is 238 g/mol. The van der Waals surface area contributed by atoms with E-state index in [1.54, 1.807) is 0 Å². The number of benzene rings is 1. The first-order valence-electron chi connectivity index (χ1n) is 6.93. The van der Waals surface area contributed by atoms with Crippen molar-refractivity contribution in [1.82, 2.24) is 4.90 Å². The Bertz CT molecular complexity index is 495. The largest absolute Gasteiger partial charge is 0.461 e. The van der Waals surface area contributed by atoms with E-state index in [-0.39, 0.29) is 18.1 Å². The van der Waals surface area contributed by atoms with Gasteiger partial charge in [-0.25, -0.2) is 0 Å². The van der Waals surface area contributed by atoms with Gasteiger partial charge in [-0.15, -0.1) is 0 Å². The van der Waals surface area contributed by atoms with Gasteiger partial charge >= 0.3 is 5.97 Å². The molecule has 0 spiro atoms. The molecule has 0 aliphatic carbocycles. The Hall–Kier alpha value is -1.61. The van der Waals surface area contributed by atoms with E-state index in [0.29, 0.717) is 0 Å². The van der Waals surface area contributed by atoms with Crippen LogP contribution >= 0.6 is 0 Å². The van der Waals surface area contributed by atoms with Crippen molar-refractivity contribution in [2.75, 3.05) is 13.1 Å². The van der Waals surface area contributed by atoms with Crippen LogP contribution in [-0.4, -0.2) is 36.1 Å². The molecule has 0 amide bonds. The lowest BCUT2D eigenvalue weighted by molar-refractivity contribution is -0.144. The maximum Gasteiger partial charge on any atom is 0.323 e. The van der Waals surface area contributed by atoms with Gasteiger partial charge in [0.15, 0.2) is 0 Å². The summed E-state index contributed by atoms with van der Waals surface area (Å²) < 4.78 is 5.24. The summed E-state index contributed by atoms with van der Waals surface area (Å²) in [7, 11) is 0. The fourth-order valence-electron chi connectivity index (χ4n) is 2.92. The Labute approximate surface area is 113 Å². The number of rotatable bonds is 2. The molecular formula is C16H19NO2. The highest BCUT2D eigenvalue weighted by Crippen LogP contribution is 2.26. The summed E-state index contributed by atoms with van der Waals surface area (Å²) in [6.07, 6.45) is 4.14. The summed E-state index contributed by atoms with van der Waals surface area (Å²) in [5.41, 5.74) is 2.68. The summed E-state index contributed by atoms with van der Waals surface area (Å²) in [4.78, 5) is 14.0. The van der Waals surface area contributed by atoms with Crippen LogP contribution in [0.15, 0.2) is 36.4 Å². The van der Waals surface area contributed by atoms with E-state index in [9.17, 15) is 4.79 Å². The summed E-state index contributed by atoms with van der Waals surface area (Å²) in [5, 5.41) is 0. The zero-order valence-corrected chi connectivity index (χ0v) is 11.2. The summed E-state index contributed by atoms with van der Waals surface area (Å²) >= 11 is 0. The first-order valence-corrected chi connectivity index (χ1v) is 6.93. The number of cyclic esters (lactones) is 1. The number of esters is 1. The summed E-state index contributed by atoms with van der Waals surface area (Å²) in [6, 6.07) is 10.4. The number of carbonyl (C=O) groups excluding carboxylic acids is 1. The van der Waals surface area contributed by atoms with Crippen molar-refractivity contribution in [3.05, 3.63) is 42.0 Å². The second-order valence-electron chi connectivity index (χ2n) is 5.34. The Kier molecular flexibility index (Phi) is 3.38. The predicted octanol–water partition coefficient (Wildman–Crippen LogP) is 2.48. The van der Waals surface area contributed by atoms with Crippen LogP contribution in [0.3, 0.4) is 0 Å². The molecule has 3 rings (SSSR count). The molecule has 0 saturated carbocycles. The lowest BCUT2D eigenvalue weighted by atomic mass is 9.98. The van der Waals surface area contributed by atoms with Crippen LogP contribution < -0.4 is 0 Å². The van der Waals surface area contributed by atoms with Gasteiger partial charge in [0.05, 0.1) is 0 Å². The molecule has 1 aromatic carbocycles. The van der Waals surface area contributed by atoms with Gasteiger partial charge in [-0.05, 0) is 24.5 Å². The van der Waals surface area contributed by atoms with Crippen LogP contribution in [0.2, 0.25) is 0 Å². The van der Waals surface area contributed by atoms with Gasteiger partial charge in [0.1, 0.15) is 12.1 Å². The summed E-state index contributed by atoms with van der Waals surface area (Å²) in [5.74, 6) is -0.0518. The number of hydrogen-bond donors (Lipinski definition) is 0. The van der Waals surface area contributed by atoms with Crippen LogP contribution in [0.25, 0.3) is 5.57 Å². The number of carbonyl (C=O) groups is 1. The quantitative estimate of drug-likeness (QED) is 0.762. The van der Waals surface area contributed by atoms with Gasteiger partial charge in [-0.1, -0.05) is 36.4 Å². The Morgan fingerprint density at radius 3 is 2.63 bits per heavy atom. The van der Waals surface area contributed by atoms with Crippen molar-refractivity contribution >= 4 is 11.5 Å².